The van der Waals surface area contributed by atoms with Crippen molar-refractivity contribution in [3.63, 3.8) is 0 Å². The summed E-state index contributed by atoms with van der Waals surface area (Å²) in [6.45, 7) is 2.71. The maximum Gasteiger partial charge on any atom is 0.240 e. The van der Waals surface area contributed by atoms with E-state index in [0.717, 1.165) is 30.3 Å². The van der Waals surface area contributed by atoms with E-state index >= 15 is 0 Å². The molecule has 0 radical (unpaired) electrons. The van der Waals surface area contributed by atoms with E-state index in [1.165, 1.54) is 12.1 Å². The lowest BCUT2D eigenvalue weighted by Crippen LogP contribution is -2.28. The summed E-state index contributed by atoms with van der Waals surface area (Å²) in [6, 6.07) is 9.07. The van der Waals surface area contributed by atoms with E-state index in [0.29, 0.717) is 5.56 Å². The third kappa shape index (κ3) is 4.23. The fraction of sp³-hybridized carbons (Fsp3) is 0.368. The number of hydrogen-bond acceptors (Lipinski definition) is 5. The molecule has 0 amide bonds. The van der Waals surface area contributed by atoms with E-state index < -0.39 is 21.9 Å². The average Bonchev–Trinajstić information content (AvgIpc) is 3.02. The van der Waals surface area contributed by atoms with Crippen LogP contribution in [0.2, 0.25) is 0 Å². The molecule has 2 aromatic rings. The number of nitrogens with zero attached hydrogens (tertiary/aromatic N) is 1. The van der Waals surface area contributed by atoms with Crippen LogP contribution in [0, 0.1) is 5.82 Å². The molecule has 0 fully saturated rings. The Labute approximate surface area is 158 Å². The molecule has 0 saturated heterocycles. The molecule has 1 aliphatic heterocycles. The van der Waals surface area contributed by atoms with Gasteiger partial charge in [0.25, 0.3) is 0 Å². The fourth-order valence-corrected chi connectivity index (χ4v) is 4.15. The highest BCUT2D eigenvalue weighted by Gasteiger charge is 2.21. The number of rotatable bonds is 7. The van der Waals surface area contributed by atoms with Crippen molar-refractivity contribution < 1.29 is 22.7 Å². The van der Waals surface area contributed by atoms with Gasteiger partial charge < -0.3 is 14.7 Å². The van der Waals surface area contributed by atoms with Gasteiger partial charge in [0, 0.05) is 25.8 Å². The van der Waals surface area contributed by atoms with Crippen LogP contribution in [0.1, 0.15) is 24.2 Å². The zero-order chi connectivity index (χ0) is 19.6. The minimum absolute atomic E-state index is 0.000376. The van der Waals surface area contributed by atoms with Crippen LogP contribution >= 0.6 is 0 Å². The minimum Gasteiger partial charge on any atom is -0.491 e. The lowest BCUT2D eigenvalue weighted by Gasteiger charge is -2.16. The summed E-state index contributed by atoms with van der Waals surface area (Å²) in [6.07, 6.45) is -0.104. The molecule has 6 nitrogen and oxygen atoms in total. The number of hydrogen-bond donors (Lipinski definition) is 2. The summed E-state index contributed by atoms with van der Waals surface area (Å²) in [7, 11) is -1.95. The van der Waals surface area contributed by atoms with Gasteiger partial charge >= 0.3 is 0 Å². The number of benzene rings is 2. The standard InChI is InChI=1S/C19H23FN2O4S/c1-3-26-19-7-5-15(11-16(19)20)27(24,25)21-12-18(23)14-4-6-17-13(10-14)8-9-22(17)2/h4-7,10-11,18,21,23H,3,8-9,12H2,1-2H3/t18-/m0/s1. The summed E-state index contributed by atoms with van der Waals surface area (Å²) < 4.78 is 46.1. The quantitative estimate of drug-likeness (QED) is 0.753. The van der Waals surface area contributed by atoms with Crippen molar-refractivity contribution in [2.75, 3.05) is 31.6 Å². The van der Waals surface area contributed by atoms with Gasteiger partial charge in [0.15, 0.2) is 11.6 Å². The monoisotopic (exact) mass is 394 g/mol. The van der Waals surface area contributed by atoms with Gasteiger partial charge in [-0.3, -0.25) is 0 Å². The Morgan fingerprint density at radius 2 is 2.07 bits per heavy atom. The first-order valence-corrected chi connectivity index (χ1v) is 10.2. The molecule has 1 aliphatic rings. The molecular weight excluding hydrogens is 371 g/mol. The van der Waals surface area contributed by atoms with Crippen LogP contribution in [-0.4, -0.2) is 40.3 Å². The van der Waals surface area contributed by atoms with E-state index in [-0.39, 0.29) is 23.8 Å². The van der Waals surface area contributed by atoms with Gasteiger partial charge in [-0.1, -0.05) is 12.1 Å². The number of ether oxygens (including phenoxy) is 1. The van der Waals surface area contributed by atoms with Gasteiger partial charge in [-0.25, -0.2) is 17.5 Å². The SMILES string of the molecule is CCOc1ccc(S(=O)(=O)NC[C@H](O)c2ccc3c(c2)CCN3C)cc1F. The zero-order valence-corrected chi connectivity index (χ0v) is 16.1. The molecule has 3 rings (SSSR count). The number of halogens is 1. The fourth-order valence-electron chi connectivity index (χ4n) is 3.11. The molecule has 1 heterocycles. The maximum absolute atomic E-state index is 13.9. The number of likely N-dealkylation sites (N-methyl/N-ethyl adjacent to an activating group) is 1. The van der Waals surface area contributed by atoms with E-state index in [4.69, 9.17) is 4.74 Å². The van der Waals surface area contributed by atoms with Gasteiger partial charge in [-0.2, -0.15) is 0 Å². The number of nitrogens with one attached hydrogen (secondary N) is 1. The zero-order valence-electron chi connectivity index (χ0n) is 15.3. The highest BCUT2D eigenvalue weighted by molar-refractivity contribution is 7.89. The predicted molar refractivity (Wildman–Crippen MR) is 101 cm³/mol. The van der Waals surface area contributed by atoms with E-state index in [2.05, 4.69) is 9.62 Å². The number of aliphatic hydroxyl groups is 1. The second-order valence-electron chi connectivity index (χ2n) is 6.45. The Balaban J connectivity index is 1.69. The molecule has 0 unspecified atom stereocenters. The Morgan fingerprint density at radius 3 is 2.78 bits per heavy atom. The van der Waals surface area contributed by atoms with Gasteiger partial charge in [0.2, 0.25) is 10.0 Å². The van der Waals surface area contributed by atoms with Crippen molar-refractivity contribution in [1.29, 1.82) is 0 Å². The van der Waals surface area contributed by atoms with Crippen LogP contribution in [0.15, 0.2) is 41.3 Å². The second-order valence-corrected chi connectivity index (χ2v) is 8.22. The Hall–Kier alpha value is -2.16. The van der Waals surface area contributed by atoms with Crippen LogP contribution in [0.4, 0.5) is 10.1 Å². The smallest absolute Gasteiger partial charge is 0.240 e. The van der Waals surface area contributed by atoms with Gasteiger partial charge in [0.1, 0.15) is 0 Å². The van der Waals surface area contributed by atoms with Crippen LogP contribution in [0.3, 0.4) is 0 Å². The summed E-state index contributed by atoms with van der Waals surface area (Å²) in [4.78, 5) is 1.92. The number of anilines is 1. The topological polar surface area (TPSA) is 78.9 Å². The molecule has 0 bridgehead atoms. The molecule has 0 saturated carbocycles. The number of fused-ring (bicyclic) bond motifs is 1. The molecule has 1 atom stereocenters. The van der Waals surface area contributed by atoms with Gasteiger partial charge in [-0.15, -0.1) is 0 Å². The summed E-state index contributed by atoms with van der Waals surface area (Å²) in [5.74, 6) is -0.748. The van der Waals surface area contributed by atoms with Crippen LogP contribution in [-0.2, 0) is 16.4 Å². The van der Waals surface area contributed by atoms with Gasteiger partial charge in [0.05, 0.1) is 17.6 Å². The third-order valence-corrected chi connectivity index (χ3v) is 6.02. The largest absolute Gasteiger partial charge is 0.491 e. The lowest BCUT2D eigenvalue weighted by molar-refractivity contribution is 0.182. The minimum atomic E-state index is -3.95. The van der Waals surface area contributed by atoms with Gasteiger partial charge in [-0.05, 0) is 48.7 Å². The van der Waals surface area contributed by atoms with E-state index in [1.54, 1.807) is 13.0 Å². The highest BCUT2D eigenvalue weighted by atomic mass is 32.2. The Morgan fingerprint density at radius 1 is 1.30 bits per heavy atom. The first kappa shape index (κ1) is 19.6. The molecule has 0 aromatic heterocycles. The Kier molecular flexibility index (Phi) is 5.69. The molecular formula is C19H23FN2O4S. The second kappa shape index (κ2) is 7.84. The van der Waals surface area contributed by atoms with Crippen molar-refractivity contribution >= 4 is 15.7 Å². The molecule has 2 aromatic carbocycles. The summed E-state index contributed by atoms with van der Waals surface area (Å²) >= 11 is 0. The first-order valence-electron chi connectivity index (χ1n) is 8.76. The molecule has 8 heteroatoms. The lowest BCUT2D eigenvalue weighted by atomic mass is 10.0. The summed E-state index contributed by atoms with van der Waals surface area (Å²) in [5.41, 5.74) is 2.89. The molecule has 27 heavy (non-hydrogen) atoms. The number of aliphatic hydroxyl groups excluding tert-OH is 1. The third-order valence-electron chi connectivity index (χ3n) is 4.60. The maximum atomic E-state index is 13.9. The predicted octanol–water partition coefficient (Wildman–Crippen LogP) is 2.23. The van der Waals surface area contributed by atoms with Crippen molar-refractivity contribution in [2.24, 2.45) is 0 Å². The van der Waals surface area contributed by atoms with Crippen molar-refractivity contribution in [3.8, 4) is 5.75 Å². The normalized spacial score (nSPS) is 14.9. The highest BCUT2D eigenvalue weighted by Crippen LogP contribution is 2.29. The molecule has 0 spiro atoms. The van der Waals surface area contributed by atoms with Crippen molar-refractivity contribution in [3.05, 3.63) is 53.3 Å². The number of sulfonamides is 1. The van der Waals surface area contributed by atoms with Crippen LogP contribution in [0.5, 0.6) is 5.75 Å². The van der Waals surface area contributed by atoms with E-state index in [1.807, 2.05) is 19.2 Å². The average molecular weight is 394 g/mol. The first-order chi connectivity index (χ1) is 12.8. The van der Waals surface area contributed by atoms with E-state index in [9.17, 15) is 17.9 Å². The van der Waals surface area contributed by atoms with Crippen molar-refractivity contribution in [1.82, 2.24) is 4.72 Å². The molecule has 146 valence electrons. The van der Waals surface area contributed by atoms with Crippen LogP contribution in [0.25, 0.3) is 0 Å². The Bertz CT molecular complexity index is 933. The van der Waals surface area contributed by atoms with Crippen LogP contribution < -0.4 is 14.4 Å². The summed E-state index contributed by atoms with van der Waals surface area (Å²) in [5, 5.41) is 10.4. The van der Waals surface area contributed by atoms with Crippen molar-refractivity contribution in [2.45, 2.75) is 24.3 Å². The molecule has 0 aliphatic carbocycles. The molecule has 2 N–H and O–H groups in total.